The molecular weight excluding hydrogens is 279 g/mol. The van der Waals surface area contributed by atoms with Crippen LogP contribution in [0, 0.1) is 12.8 Å². The van der Waals surface area contributed by atoms with Crippen molar-refractivity contribution in [2.75, 3.05) is 24.5 Å². The molecule has 0 aromatic heterocycles. The fraction of sp³-hybridized carbons (Fsp3) is 0.600. The van der Waals surface area contributed by atoms with E-state index in [1.54, 1.807) is 0 Å². The van der Waals surface area contributed by atoms with Gasteiger partial charge in [0.2, 0.25) is 0 Å². The monoisotopic (exact) mass is 298 g/mol. The summed E-state index contributed by atoms with van der Waals surface area (Å²) in [6.07, 6.45) is 3.93. The van der Waals surface area contributed by atoms with Gasteiger partial charge in [-0.2, -0.15) is 0 Å². The molecule has 2 aliphatic rings. The second-order valence-electron chi connectivity index (χ2n) is 5.81. The van der Waals surface area contributed by atoms with E-state index < -0.39 is 0 Å². The molecule has 1 aliphatic carbocycles. The zero-order valence-corrected chi connectivity index (χ0v) is 12.8. The molecule has 0 radical (unpaired) electrons. The van der Waals surface area contributed by atoms with Crippen molar-refractivity contribution in [1.82, 2.24) is 5.32 Å². The van der Waals surface area contributed by atoms with E-state index in [2.05, 4.69) is 10.2 Å². The summed E-state index contributed by atoms with van der Waals surface area (Å²) in [4.78, 5) is 2.34. The van der Waals surface area contributed by atoms with Gasteiger partial charge in [-0.3, -0.25) is 0 Å². The first-order chi connectivity index (χ1) is 9.15. The second kappa shape index (κ2) is 5.51. The van der Waals surface area contributed by atoms with Crippen molar-refractivity contribution in [2.45, 2.75) is 32.2 Å². The van der Waals surface area contributed by atoms with Crippen molar-refractivity contribution in [3.8, 4) is 0 Å². The van der Waals surface area contributed by atoms with E-state index in [9.17, 15) is 0 Å². The molecule has 0 spiro atoms. The molecule has 1 heterocycles. The van der Waals surface area contributed by atoms with Crippen molar-refractivity contribution in [2.24, 2.45) is 5.92 Å². The van der Waals surface area contributed by atoms with Gasteiger partial charge in [0, 0.05) is 19.1 Å². The molecule has 0 bridgehead atoms. The van der Waals surface area contributed by atoms with E-state index in [0.717, 1.165) is 47.0 Å². The third-order valence-corrected chi connectivity index (χ3v) is 4.92. The topological polar surface area (TPSA) is 15.3 Å². The summed E-state index contributed by atoms with van der Waals surface area (Å²) >= 11 is 12.7. The number of rotatable bonds is 4. The third kappa shape index (κ3) is 3.01. The standard InChI is InChI=1S/C15H20Cl2N2/c1-10-2-5-13(16)15(14(10)17)19-7-6-11(9-19)8-18-12-3-4-12/h2,5,11-12,18H,3-4,6-9H2,1H3. The smallest absolute Gasteiger partial charge is 0.0747 e. The van der Waals surface area contributed by atoms with Gasteiger partial charge < -0.3 is 10.2 Å². The molecule has 19 heavy (non-hydrogen) atoms. The van der Waals surface area contributed by atoms with Crippen LogP contribution in [-0.4, -0.2) is 25.7 Å². The average molecular weight is 299 g/mol. The molecule has 0 amide bonds. The third-order valence-electron chi connectivity index (χ3n) is 4.13. The molecule has 104 valence electrons. The molecule has 1 unspecified atom stereocenters. The lowest BCUT2D eigenvalue weighted by molar-refractivity contribution is 0.515. The number of hydrogen-bond donors (Lipinski definition) is 1. The predicted molar refractivity (Wildman–Crippen MR) is 82.5 cm³/mol. The average Bonchev–Trinajstić information content (AvgIpc) is 3.11. The van der Waals surface area contributed by atoms with Crippen LogP contribution in [0.5, 0.6) is 0 Å². The zero-order chi connectivity index (χ0) is 13.4. The minimum Gasteiger partial charge on any atom is -0.369 e. The van der Waals surface area contributed by atoms with Gasteiger partial charge in [-0.05, 0) is 50.3 Å². The molecule has 1 aromatic carbocycles. The van der Waals surface area contributed by atoms with Gasteiger partial charge in [-0.15, -0.1) is 0 Å². The number of nitrogens with one attached hydrogen (secondary N) is 1. The Morgan fingerprint density at radius 3 is 2.79 bits per heavy atom. The van der Waals surface area contributed by atoms with Gasteiger partial charge in [0.05, 0.1) is 15.7 Å². The van der Waals surface area contributed by atoms with Gasteiger partial charge in [0.15, 0.2) is 0 Å². The number of benzene rings is 1. The molecule has 1 aromatic rings. The highest BCUT2D eigenvalue weighted by Gasteiger charge is 2.28. The maximum atomic E-state index is 6.42. The van der Waals surface area contributed by atoms with Crippen molar-refractivity contribution >= 4 is 28.9 Å². The highest BCUT2D eigenvalue weighted by atomic mass is 35.5. The molecule has 2 fully saturated rings. The minimum atomic E-state index is 0.716. The van der Waals surface area contributed by atoms with Gasteiger partial charge in [0.1, 0.15) is 0 Å². The number of hydrogen-bond acceptors (Lipinski definition) is 2. The first kappa shape index (κ1) is 13.5. The molecule has 1 atom stereocenters. The lowest BCUT2D eigenvalue weighted by atomic mass is 10.1. The summed E-state index contributed by atoms with van der Waals surface area (Å²) in [5.41, 5.74) is 2.12. The van der Waals surface area contributed by atoms with E-state index in [0.29, 0.717) is 5.92 Å². The van der Waals surface area contributed by atoms with Crippen molar-refractivity contribution < 1.29 is 0 Å². The summed E-state index contributed by atoms with van der Waals surface area (Å²) in [6.45, 7) is 5.27. The second-order valence-corrected chi connectivity index (χ2v) is 6.60. The van der Waals surface area contributed by atoms with E-state index in [1.807, 2.05) is 19.1 Å². The molecule has 2 nitrogen and oxygen atoms in total. The summed E-state index contributed by atoms with van der Waals surface area (Å²) in [5.74, 6) is 0.716. The molecule has 1 saturated heterocycles. The molecule has 1 aliphatic heterocycles. The largest absolute Gasteiger partial charge is 0.369 e. The Morgan fingerprint density at radius 2 is 2.05 bits per heavy atom. The highest BCUT2D eigenvalue weighted by Crippen LogP contribution is 2.38. The quantitative estimate of drug-likeness (QED) is 0.907. The Morgan fingerprint density at radius 1 is 1.26 bits per heavy atom. The number of nitrogens with zero attached hydrogens (tertiary/aromatic N) is 1. The van der Waals surface area contributed by atoms with E-state index in [-0.39, 0.29) is 0 Å². The SMILES string of the molecule is Cc1ccc(Cl)c(N2CCC(CNC3CC3)C2)c1Cl. The number of anilines is 1. The van der Waals surface area contributed by atoms with Crippen molar-refractivity contribution in [3.63, 3.8) is 0 Å². The summed E-state index contributed by atoms with van der Waals surface area (Å²) in [6, 6.07) is 4.73. The Labute approximate surface area is 125 Å². The molecule has 3 rings (SSSR count). The molecule has 1 N–H and O–H groups in total. The van der Waals surface area contributed by atoms with Crippen LogP contribution in [-0.2, 0) is 0 Å². The summed E-state index contributed by atoms with van der Waals surface area (Å²) < 4.78 is 0. The van der Waals surface area contributed by atoms with E-state index in [4.69, 9.17) is 23.2 Å². The molecule has 1 saturated carbocycles. The first-order valence-corrected chi connectivity index (χ1v) is 7.83. The van der Waals surface area contributed by atoms with E-state index >= 15 is 0 Å². The molecular formula is C15H20Cl2N2. The summed E-state index contributed by atoms with van der Waals surface area (Å²) in [7, 11) is 0. The maximum absolute atomic E-state index is 6.42. The van der Waals surface area contributed by atoms with Gasteiger partial charge in [0.25, 0.3) is 0 Å². The van der Waals surface area contributed by atoms with Crippen LogP contribution in [0.3, 0.4) is 0 Å². The normalized spacial score (nSPS) is 23.1. The lowest BCUT2D eigenvalue weighted by Gasteiger charge is -2.22. The Hall–Kier alpha value is -0.440. The van der Waals surface area contributed by atoms with Crippen LogP contribution < -0.4 is 10.2 Å². The first-order valence-electron chi connectivity index (χ1n) is 7.08. The summed E-state index contributed by atoms with van der Waals surface area (Å²) in [5, 5.41) is 5.20. The Balaban J connectivity index is 1.68. The number of aryl methyl sites for hydroxylation is 1. The predicted octanol–water partition coefficient (Wildman–Crippen LogP) is 3.88. The maximum Gasteiger partial charge on any atom is 0.0747 e. The zero-order valence-electron chi connectivity index (χ0n) is 11.3. The highest BCUT2D eigenvalue weighted by molar-refractivity contribution is 6.39. The van der Waals surface area contributed by atoms with Gasteiger partial charge >= 0.3 is 0 Å². The van der Waals surface area contributed by atoms with Crippen LogP contribution in [0.2, 0.25) is 10.0 Å². The van der Waals surface area contributed by atoms with E-state index in [1.165, 1.54) is 19.3 Å². The van der Waals surface area contributed by atoms with Crippen LogP contribution in [0.4, 0.5) is 5.69 Å². The lowest BCUT2D eigenvalue weighted by Crippen LogP contribution is -2.27. The van der Waals surface area contributed by atoms with Crippen LogP contribution >= 0.6 is 23.2 Å². The molecule has 4 heteroatoms. The van der Waals surface area contributed by atoms with Crippen LogP contribution in [0.15, 0.2) is 12.1 Å². The van der Waals surface area contributed by atoms with Crippen molar-refractivity contribution in [3.05, 3.63) is 27.7 Å². The van der Waals surface area contributed by atoms with Crippen molar-refractivity contribution in [1.29, 1.82) is 0 Å². The minimum absolute atomic E-state index is 0.716. The Kier molecular flexibility index (Phi) is 3.93. The van der Waals surface area contributed by atoms with Gasteiger partial charge in [-0.25, -0.2) is 0 Å². The fourth-order valence-electron chi connectivity index (χ4n) is 2.75. The number of halogens is 2. The van der Waals surface area contributed by atoms with Crippen LogP contribution in [0.1, 0.15) is 24.8 Å². The fourth-order valence-corrected chi connectivity index (χ4v) is 3.36. The Bertz CT molecular complexity index is 471. The van der Waals surface area contributed by atoms with Crippen LogP contribution in [0.25, 0.3) is 0 Å². The van der Waals surface area contributed by atoms with Gasteiger partial charge in [-0.1, -0.05) is 29.3 Å².